The first kappa shape index (κ1) is 18.5. The highest BCUT2D eigenvalue weighted by atomic mass is 32.1. The molecule has 7 nitrogen and oxygen atoms in total. The summed E-state index contributed by atoms with van der Waals surface area (Å²) in [5.74, 6) is 0. The van der Waals surface area contributed by atoms with Crippen LogP contribution in [0.1, 0.15) is 10.6 Å². The van der Waals surface area contributed by atoms with Crippen LogP contribution in [0.15, 0.2) is 63.2 Å². The molecule has 2 aromatic carbocycles. The van der Waals surface area contributed by atoms with E-state index < -0.39 is 5.56 Å². The first-order valence-electron chi connectivity index (χ1n) is 8.73. The lowest BCUT2D eigenvalue weighted by Gasteiger charge is -2.08. The number of hydrogen-bond acceptors (Lipinski definition) is 7. The monoisotopic (exact) mass is 401 g/mol. The van der Waals surface area contributed by atoms with Crippen LogP contribution in [0.2, 0.25) is 0 Å². The second kappa shape index (κ2) is 7.30. The first-order valence-corrected chi connectivity index (χ1v) is 9.54. The minimum Gasteiger partial charge on any atom is -0.310 e. The van der Waals surface area contributed by atoms with Gasteiger partial charge in [0.2, 0.25) is 0 Å². The number of pyridine rings is 1. The number of rotatable bonds is 3. The maximum absolute atomic E-state index is 12.8. The zero-order valence-electron chi connectivity index (χ0n) is 15.6. The zero-order chi connectivity index (χ0) is 20.5. The number of nitriles is 1. The van der Waals surface area contributed by atoms with Crippen LogP contribution < -0.4 is 16.5 Å². The lowest BCUT2D eigenvalue weighted by atomic mass is 10.1. The molecule has 0 amide bonds. The standard InChI is InChI=1S/C21H15N5O2S/c1-12-7-9-13(10-8-12)24-25-15(11-22)20-23-19(27)17-14-5-3-4-6-16(14)26(2)21(28)18(17)29-20/h3-10,24H,1-2H3/b25-15+. The Bertz CT molecular complexity index is 1440. The van der Waals surface area contributed by atoms with Gasteiger partial charge in [-0.1, -0.05) is 35.9 Å². The number of para-hydroxylation sites is 1. The van der Waals surface area contributed by atoms with Gasteiger partial charge < -0.3 is 4.57 Å². The third-order valence-electron chi connectivity index (χ3n) is 4.53. The summed E-state index contributed by atoms with van der Waals surface area (Å²) in [6.45, 7) is 1.97. The second-order valence-corrected chi connectivity index (χ2v) is 7.46. The van der Waals surface area contributed by atoms with Crippen molar-refractivity contribution in [1.29, 1.82) is 5.26 Å². The molecular weight excluding hydrogens is 386 g/mol. The molecule has 8 heteroatoms. The van der Waals surface area contributed by atoms with E-state index in [1.54, 1.807) is 31.3 Å². The van der Waals surface area contributed by atoms with Gasteiger partial charge in [0.15, 0.2) is 10.7 Å². The van der Waals surface area contributed by atoms with E-state index in [9.17, 15) is 14.9 Å². The number of nitrogens with one attached hydrogen (secondary N) is 1. The smallest absolute Gasteiger partial charge is 0.280 e. The van der Waals surface area contributed by atoms with Crippen LogP contribution in [0.3, 0.4) is 0 Å². The predicted molar refractivity (Wildman–Crippen MR) is 116 cm³/mol. The molecule has 0 saturated carbocycles. The Balaban J connectivity index is 1.89. The van der Waals surface area contributed by atoms with Crippen molar-refractivity contribution >= 4 is 43.7 Å². The van der Waals surface area contributed by atoms with E-state index in [1.807, 2.05) is 37.3 Å². The van der Waals surface area contributed by atoms with Gasteiger partial charge in [-0.2, -0.15) is 15.3 Å². The molecule has 1 N–H and O–H groups in total. The highest BCUT2D eigenvalue weighted by molar-refractivity contribution is 7.20. The van der Waals surface area contributed by atoms with Crippen LogP contribution in [0.25, 0.3) is 21.0 Å². The third-order valence-corrected chi connectivity index (χ3v) is 5.59. The van der Waals surface area contributed by atoms with Crippen LogP contribution in [0, 0.1) is 18.3 Å². The van der Waals surface area contributed by atoms with Gasteiger partial charge in [0.1, 0.15) is 10.8 Å². The number of hydrazone groups is 1. The average Bonchev–Trinajstić information content (AvgIpc) is 2.73. The molecule has 0 fully saturated rings. The summed E-state index contributed by atoms with van der Waals surface area (Å²) in [5, 5.41) is 14.6. The van der Waals surface area contributed by atoms with E-state index in [1.165, 1.54) is 4.57 Å². The maximum atomic E-state index is 12.8. The van der Waals surface area contributed by atoms with Gasteiger partial charge in [-0.3, -0.25) is 15.0 Å². The molecule has 29 heavy (non-hydrogen) atoms. The molecule has 0 aliphatic heterocycles. The Morgan fingerprint density at radius 2 is 1.90 bits per heavy atom. The van der Waals surface area contributed by atoms with Crippen LogP contribution in [0.5, 0.6) is 0 Å². The van der Waals surface area contributed by atoms with Crippen molar-refractivity contribution in [3.05, 3.63) is 79.8 Å². The third kappa shape index (κ3) is 3.28. The highest BCUT2D eigenvalue weighted by Crippen LogP contribution is 2.23. The minimum atomic E-state index is -0.555. The number of anilines is 1. The SMILES string of the molecule is Cc1ccc(N/N=C(\C#N)c2nc(=O)c3c(s2)c(=O)n(C)c2ccccc32)cc1. The average molecular weight is 401 g/mol. The van der Waals surface area contributed by atoms with Crippen molar-refractivity contribution in [3.8, 4) is 6.07 Å². The lowest BCUT2D eigenvalue weighted by molar-refractivity contribution is 0.920. The molecule has 0 aliphatic rings. The molecule has 0 aliphatic carbocycles. The van der Waals surface area contributed by atoms with Crippen molar-refractivity contribution in [2.24, 2.45) is 12.1 Å². The summed E-state index contributed by atoms with van der Waals surface area (Å²) in [6, 6.07) is 16.6. The van der Waals surface area contributed by atoms with Crippen LogP contribution in [-0.4, -0.2) is 15.3 Å². The quantitative estimate of drug-likeness (QED) is 0.323. The lowest BCUT2D eigenvalue weighted by Crippen LogP contribution is -2.22. The Hall–Kier alpha value is -3.83. The first-order chi connectivity index (χ1) is 14.0. The van der Waals surface area contributed by atoms with E-state index in [0.29, 0.717) is 16.6 Å². The molecular formula is C21H15N5O2S. The number of benzene rings is 2. The largest absolute Gasteiger partial charge is 0.310 e. The van der Waals surface area contributed by atoms with Gasteiger partial charge in [-0.15, -0.1) is 11.3 Å². The van der Waals surface area contributed by atoms with Gasteiger partial charge in [0.25, 0.3) is 11.1 Å². The topological polar surface area (TPSA) is 100 Å². The second-order valence-electron chi connectivity index (χ2n) is 6.46. The zero-order valence-corrected chi connectivity index (χ0v) is 16.4. The van der Waals surface area contributed by atoms with Crippen LogP contribution >= 0.6 is 11.3 Å². The van der Waals surface area contributed by atoms with Gasteiger partial charge in [-0.05, 0) is 25.1 Å². The summed E-state index contributed by atoms with van der Waals surface area (Å²) in [5.41, 5.74) is 4.30. The molecule has 0 bridgehead atoms. The summed E-state index contributed by atoms with van der Waals surface area (Å²) in [4.78, 5) is 29.7. The molecule has 2 heterocycles. The van der Waals surface area contributed by atoms with E-state index in [-0.39, 0.29) is 26.4 Å². The highest BCUT2D eigenvalue weighted by Gasteiger charge is 2.17. The maximum Gasteiger partial charge on any atom is 0.280 e. The Labute approximate surface area is 169 Å². The van der Waals surface area contributed by atoms with E-state index in [0.717, 1.165) is 16.9 Å². The number of hydrogen-bond donors (Lipinski definition) is 1. The molecule has 0 radical (unpaired) electrons. The number of aryl methyl sites for hydroxylation is 2. The van der Waals surface area contributed by atoms with Crippen LogP contribution in [0.4, 0.5) is 5.69 Å². The molecule has 2 aromatic heterocycles. The fraction of sp³-hybridized carbons (Fsp3) is 0.0952. The van der Waals surface area contributed by atoms with Crippen molar-refractivity contribution in [1.82, 2.24) is 9.55 Å². The van der Waals surface area contributed by atoms with Gasteiger partial charge in [0, 0.05) is 12.4 Å². The molecule has 0 atom stereocenters. The Morgan fingerprint density at radius 1 is 1.17 bits per heavy atom. The molecule has 0 spiro atoms. The van der Waals surface area contributed by atoms with Crippen molar-refractivity contribution < 1.29 is 0 Å². The molecule has 0 saturated heterocycles. The van der Waals surface area contributed by atoms with Crippen molar-refractivity contribution in [2.75, 3.05) is 5.43 Å². The Morgan fingerprint density at radius 3 is 2.62 bits per heavy atom. The minimum absolute atomic E-state index is 0.0650. The summed E-state index contributed by atoms with van der Waals surface area (Å²) >= 11 is 0.989. The van der Waals surface area contributed by atoms with Gasteiger partial charge in [-0.25, -0.2) is 0 Å². The molecule has 0 unspecified atom stereocenters. The van der Waals surface area contributed by atoms with Gasteiger partial charge in [0.05, 0.1) is 16.6 Å². The molecule has 4 aromatic rings. The Kier molecular flexibility index (Phi) is 4.66. The number of fused-ring (bicyclic) bond motifs is 3. The van der Waals surface area contributed by atoms with Crippen LogP contribution in [-0.2, 0) is 7.05 Å². The summed E-state index contributed by atoms with van der Waals surface area (Å²) in [6.07, 6.45) is 0. The normalized spacial score (nSPS) is 11.6. The fourth-order valence-corrected chi connectivity index (χ4v) is 4.05. The summed E-state index contributed by atoms with van der Waals surface area (Å²) in [7, 11) is 1.65. The van der Waals surface area contributed by atoms with E-state index >= 15 is 0 Å². The molecule has 4 rings (SSSR count). The van der Waals surface area contributed by atoms with Crippen molar-refractivity contribution in [2.45, 2.75) is 6.92 Å². The van der Waals surface area contributed by atoms with Gasteiger partial charge >= 0.3 is 0 Å². The number of aromatic nitrogens is 2. The summed E-state index contributed by atoms with van der Waals surface area (Å²) < 4.78 is 1.74. The van der Waals surface area contributed by atoms with E-state index in [2.05, 4.69) is 15.5 Å². The fourth-order valence-electron chi connectivity index (χ4n) is 3.01. The van der Waals surface area contributed by atoms with Crippen molar-refractivity contribution in [3.63, 3.8) is 0 Å². The van der Waals surface area contributed by atoms with E-state index in [4.69, 9.17) is 0 Å². The predicted octanol–water partition coefficient (Wildman–Crippen LogP) is 3.16. The molecule has 142 valence electrons. The number of nitrogens with zero attached hydrogens (tertiary/aromatic N) is 4.